The van der Waals surface area contributed by atoms with Crippen molar-refractivity contribution in [2.24, 2.45) is 0 Å². The normalized spacial score (nSPS) is 11.1. The summed E-state index contributed by atoms with van der Waals surface area (Å²) >= 11 is 0. The van der Waals surface area contributed by atoms with E-state index in [1.807, 2.05) is 43.3 Å². The first kappa shape index (κ1) is 14.6. The molecular weight excluding hydrogens is 294 g/mol. The zero-order valence-electron chi connectivity index (χ0n) is 13.7. The van der Waals surface area contributed by atoms with Gasteiger partial charge in [-0.1, -0.05) is 60.7 Å². The van der Waals surface area contributed by atoms with Gasteiger partial charge in [-0.15, -0.1) is 0 Å². The van der Waals surface area contributed by atoms with E-state index >= 15 is 0 Å². The van der Waals surface area contributed by atoms with Crippen molar-refractivity contribution in [3.05, 3.63) is 78.0 Å². The zero-order chi connectivity index (χ0) is 16.7. The van der Waals surface area contributed by atoms with Crippen LogP contribution in [0.25, 0.3) is 32.8 Å². The molecule has 0 amide bonds. The molecule has 0 aliphatic rings. The number of hydrogen-bond donors (Lipinski definition) is 0. The number of carbonyl (C=O) groups excluding carboxylic acids is 1. The summed E-state index contributed by atoms with van der Waals surface area (Å²) in [6.07, 6.45) is 0. The van der Waals surface area contributed by atoms with Gasteiger partial charge in [0, 0.05) is 22.2 Å². The maximum atomic E-state index is 12.4. The first-order valence-electron chi connectivity index (χ1n) is 8.05. The number of fused-ring (bicyclic) bond motifs is 3. The summed E-state index contributed by atoms with van der Waals surface area (Å²) < 4.78 is 0. The van der Waals surface area contributed by atoms with E-state index in [0.717, 1.165) is 38.5 Å². The molecule has 4 rings (SSSR count). The minimum absolute atomic E-state index is 0.0497. The molecule has 2 heteroatoms. The molecule has 116 valence electrons. The van der Waals surface area contributed by atoms with Gasteiger partial charge >= 0.3 is 0 Å². The molecule has 0 unspecified atom stereocenters. The fourth-order valence-electron chi connectivity index (χ4n) is 3.48. The second kappa shape index (κ2) is 5.57. The van der Waals surface area contributed by atoms with Gasteiger partial charge in [-0.3, -0.25) is 9.78 Å². The number of benzene rings is 3. The molecule has 2 nitrogen and oxygen atoms in total. The Bertz CT molecular complexity index is 1080. The molecule has 1 aromatic heterocycles. The first-order valence-corrected chi connectivity index (χ1v) is 8.05. The third-order valence-electron chi connectivity index (χ3n) is 4.47. The summed E-state index contributed by atoms with van der Waals surface area (Å²) in [4.78, 5) is 17.1. The summed E-state index contributed by atoms with van der Waals surface area (Å²) in [5.41, 5.74) is 4.46. The topological polar surface area (TPSA) is 30.0 Å². The van der Waals surface area contributed by atoms with Crippen molar-refractivity contribution in [1.29, 1.82) is 0 Å². The average molecular weight is 311 g/mol. The molecule has 0 bridgehead atoms. The Morgan fingerprint density at radius 2 is 1.58 bits per heavy atom. The minimum atomic E-state index is 0.0497. The number of nitrogens with zero attached hydrogens (tertiary/aromatic N) is 1. The SMILES string of the molecule is CC(=O)c1c(C)nc2ccc3ccccc3c2c1-c1ccccc1. The number of hydrogen-bond acceptors (Lipinski definition) is 2. The molecule has 0 radical (unpaired) electrons. The maximum absolute atomic E-state index is 12.4. The molecule has 1 heterocycles. The summed E-state index contributed by atoms with van der Waals surface area (Å²) in [6.45, 7) is 3.53. The van der Waals surface area contributed by atoms with E-state index in [1.54, 1.807) is 6.92 Å². The van der Waals surface area contributed by atoms with Crippen LogP contribution in [0.4, 0.5) is 0 Å². The molecule has 0 aliphatic heterocycles. The highest BCUT2D eigenvalue weighted by molar-refractivity contribution is 6.18. The number of ketones is 1. The molecule has 0 N–H and O–H groups in total. The van der Waals surface area contributed by atoms with Crippen molar-refractivity contribution < 1.29 is 4.79 Å². The van der Waals surface area contributed by atoms with Crippen LogP contribution >= 0.6 is 0 Å². The highest BCUT2D eigenvalue weighted by atomic mass is 16.1. The van der Waals surface area contributed by atoms with Crippen molar-refractivity contribution in [3.63, 3.8) is 0 Å². The van der Waals surface area contributed by atoms with Crippen LogP contribution in [0.3, 0.4) is 0 Å². The van der Waals surface area contributed by atoms with E-state index in [-0.39, 0.29) is 5.78 Å². The van der Waals surface area contributed by atoms with E-state index in [1.165, 1.54) is 0 Å². The van der Waals surface area contributed by atoms with Crippen LogP contribution in [0.2, 0.25) is 0 Å². The minimum Gasteiger partial charge on any atom is -0.294 e. The van der Waals surface area contributed by atoms with E-state index < -0.39 is 0 Å². The third-order valence-corrected chi connectivity index (χ3v) is 4.47. The Morgan fingerprint density at radius 1 is 0.875 bits per heavy atom. The first-order chi connectivity index (χ1) is 11.7. The average Bonchev–Trinajstić information content (AvgIpc) is 2.60. The summed E-state index contributed by atoms with van der Waals surface area (Å²) in [6, 6.07) is 22.5. The van der Waals surface area contributed by atoms with Crippen molar-refractivity contribution >= 4 is 27.5 Å². The monoisotopic (exact) mass is 311 g/mol. The number of aromatic nitrogens is 1. The van der Waals surface area contributed by atoms with Gasteiger partial charge in [-0.2, -0.15) is 0 Å². The quantitative estimate of drug-likeness (QED) is 0.358. The lowest BCUT2D eigenvalue weighted by Gasteiger charge is -2.16. The van der Waals surface area contributed by atoms with Crippen molar-refractivity contribution in [2.75, 3.05) is 0 Å². The van der Waals surface area contributed by atoms with Gasteiger partial charge in [0.15, 0.2) is 5.78 Å². The smallest absolute Gasteiger partial charge is 0.162 e. The Hall–Kier alpha value is -3.00. The third kappa shape index (κ3) is 2.19. The lowest BCUT2D eigenvalue weighted by molar-refractivity contribution is 0.101. The summed E-state index contributed by atoms with van der Waals surface area (Å²) in [5, 5.41) is 3.33. The summed E-state index contributed by atoms with van der Waals surface area (Å²) in [7, 11) is 0. The molecule has 0 saturated heterocycles. The van der Waals surface area contributed by atoms with Crippen LogP contribution < -0.4 is 0 Å². The number of carbonyl (C=O) groups is 1. The van der Waals surface area contributed by atoms with Gasteiger partial charge in [0.1, 0.15) is 0 Å². The van der Waals surface area contributed by atoms with Crippen molar-refractivity contribution in [2.45, 2.75) is 13.8 Å². The molecule has 0 aliphatic carbocycles. The predicted octanol–water partition coefficient (Wildman–Crippen LogP) is 5.57. The lowest BCUT2D eigenvalue weighted by atomic mass is 9.90. The van der Waals surface area contributed by atoms with Crippen LogP contribution in [0.15, 0.2) is 66.7 Å². The highest BCUT2D eigenvalue weighted by Crippen LogP contribution is 2.37. The molecule has 4 aromatic rings. The number of Topliss-reactive ketones (excluding diaryl/α,β-unsaturated/α-hetero) is 1. The Kier molecular flexibility index (Phi) is 3.39. The molecule has 3 aromatic carbocycles. The van der Waals surface area contributed by atoms with E-state index in [9.17, 15) is 4.79 Å². The number of aryl methyl sites for hydroxylation is 1. The Balaban J connectivity index is 2.29. The lowest BCUT2D eigenvalue weighted by Crippen LogP contribution is -2.04. The van der Waals surface area contributed by atoms with Gasteiger partial charge in [0.2, 0.25) is 0 Å². The van der Waals surface area contributed by atoms with E-state index in [2.05, 4.69) is 30.3 Å². The predicted molar refractivity (Wildman–Crippen MR) is 99.4 cm³/mol. The molecular formula is C22H17NO. The molecule has 0 atom stereocenters. The molecule has 0 fully saturated rings. The number of pyridine rings is 1. The zero-order valence-corrected chi connectivity index (χ0v) is 13.7. The van der Waals surface area contributed by atoms with Crippen LogP contribution in [-0.4, -0.2) is 10.8 Å². The molecule has 0 spiro atoms. The fraction of sp³-hybridized carbons (Fsp3) is 0.0909. The second-order valence-electron chi connectivity index (χ2n) is 6.05. The fourth-order valence-corrected chi connectivity index (χ4v) is 3.48. The summed E-state index contributed by atoms with van der Waals surface area (Å²) in [5.74, 6) is 0.0497. The van der Waals surface area contributed by atoms with Crippen LogP contribution in [0, 0.1) is 6.92 Å². The number of rotatable bonds is 2. The van der Waals surface area contributed by atoms with Gasteiger partial charge in [-0.25, -0.2) is 0 Å². The van der Waals surface area contributed by atoms with E-state index in [4.69, 9.17) is 4.98 Å². The van der Waals surface area contributed by atoms with Crippen LogP contribution in [0.1, 0.15) is 23.0 Å². The van der Waals surface area contributed by atoms with Crippen LogP contribution in [0.5, 0.6) is 0 Å². The Morgan fingerprint density at radius 3 is 2.33 bits per heavy atom. The van der Waals surface area contributed by atoms with Gasteiger partial charge in [-0.05, 0) is 36.2 Å². The van der Waals surface area contributed by atoms with Crippen LogP contribution in [-0.2, 0) is 0 Å². The molecule has 0 saturated carbocycles. The van der Waals surface area contributed by atoms with Gasteiger partial charge < -0.3 is 0 Å². The van der Waals surface area contributed by atoms with E-state index in [0.29, 0.717) is 5.56 Å². The van der Waals surface area contributed by atoms with Crippen molar-refractivity contribution in [3.8, 4) is 11.1 Å². The van der Waals surface area contributed by atoms with Crippen molar-refractivity contribution in [1.82, 2.24) is 4.98 Å². The Labute approximate surface area is 140 Å². The molecule has 24 heavy (non-hydrogen) atoms. The van der Waals surface area contributed by atoms with Gasteiger partial charge in [0.25, 0.3) is 0 Å². The largest absolute Gasteiger partial charge is 0.294 e. The highest BCUT2D eigenvalue weighted by Gasteiger charge is 2.19. The second-order valence-corrected chi connectivity index (χ2v) is 6.05. The standard InChI is InChI=1S/C22H17NO/c1-14-20(15(2)24)21(17-9-4-3-5-10-17)22-18-11-7-6-8-16(18)12-13-19(22)23-14/h3-13H,1-2H3. The van der Waals surface area contributed by atoms with Gasteiger partial charge in [0.05, 0.1) is 5.52 Å². The maximum Gasteiger partial charge on any atom is 0.162 e.